The first-order valence-corrected chi connectivity index (χ1v) is 9.21. The molecule has 7 nitrogen and oxygen atoms in total. The van der Waals surface area contributed by atoms with Crippen molar-refractivity contribution in [1.82, 2.24) is 4.90 Å². The largest absolute Gasteiger partial charge is 0.489 e. The van der Waals surface area contributed by atoms with Gasteiger partial charge in [0.05, 0.1) is 20.1 Å². The number of carbonyl (C=O) groups is 2. The van der Waals surface area contributed by atoms with E-state index in [1.807, 2.05) is 0 Å². The summed E-state index contributed by atoms with van der Waals surface area (Å²) in [6, 6.07) is 3.81. The van der Waals surface area contributed by atoms with E-state index in [4.69, 9.17) is 10.5 Å². The van der Waals surface area contributed by atoms with Crippen LogP contribution in [-0.2, 0) is 9.53 Å². The standard InChI is InChI=1S/C19H24F2N2O5/c1-26-17(24)8-14-6-13(9-23(14)19(22)25)12-4-5-15(28-18(20)21)16(7-12)27-10-11-2-3-11/h4-5,7,11,13-14,18H,2-3,6,8-10H2,1H3,(H2,22,25)/t13?,14-/m0/s1. The lowest BCUT2D eigenvalue weighted by Gasteiger charge is -2.21. The minimum atomic E-state index is -2.95. The fourth-order valence-corrected chi connectivity index (χ4v) is 3.47. The fraction of sp³-hybridized carbons (Fsp3) is 0.579. The van der Waals surface area contributed by atoms with Crippen molar-refractivity contribution in [2.45, 2.75) is 44.3 Å². The molecule has 154 valence electrons. The number of carbonyl (C=O) groups excluding carboxylic acids is 2. The number of urea groups is 1. The third-order valence-electron chi connectivity index (χ3n) is 5.15. The number of amides is 2. The maximum atomic E-state index is 12.7. The van der Waals surface area contributed by atoms with Gasteiger partial charge in [0, 0.05) is 18.5 Å². The molecular formula is C19H24F2N2O5. The van der Waals surface area contributed by atoms with Crippen LogP contribution in [0.2, 0.25) is 0 Å². The maximum Gasteiger partial charge on any atom is 0.387 e. The van der Waals surface area contributed by atoms with Crippen molar-refractivity contribution in [1.29, 1.82) is 0 Å². The van der Waals surface area contributed by atoms with E-state index in [1.54, 1.807) is 12.1 Å². The van der Waals surface area contributed by atoms with Crippen LogP contribution in [0.15, 0.2) is 18.2 Å². The Hall–Kier alpha value is -2.58. The minimum Gasteiger partial charge on any atom is -0.489 e. The first kappa shape index (κ1) is 20.2. The molecule has 1 heterocycles. The number of methoxy groups -OCH3 is 1. The van der Waals surface area contributed by atoms with Crippen LogP contribution in [0.25, 0.3) is 0 Å². The Kier molecular flexibility index (Phi) is 6.21. The molecule has 2 amide bonds. The van der Waals surface area contributed by atoms with Gasteiger partial charge in [-0.1, -0.05) is 6.07 Å². The second-order valence-corrected chi connectivity index (χ2v) is 7.20. The van der Waals surface area contributed by atoms with Crippen molar-refractivity contribution in [3.63, 3.8) is 0 Å². The molecule has 0 aromatic heterocycles. The highest BCUT2D eigenvalue weighted by Crippen LogP contribution is 2.39. The molecule has 1 unspecified atom stereocenters. The van der Waals surface area contributed by atoms with Gasteiger partial charge in [-0.15, -0.1) is 0 Å². The first-order valence-electron chi connectivity index (χ1n) is 9.21. The van der Waals surface area contributed by atoms with Gasteiger partial charge in [0.15, 0.2) is 11.5 Å². The second kappa shape index (κ2) is 8.62. The van der Waals surface area contributed by atoms with E-state index >= 15 is 0 Å². The number of likely N-dealkylation sites (tertiary alicyclic amines) is 1. The fourth-order valence-electron chi connectivity index (χ4n) is 3.47. The van der Waals surface area contributed by atoms with Crippen molar-refractivity contribution in [3.8, 4) is 11.5 Å². The molecule has 2 N–H and O–H groups in total. The van der Waals surface area contributed by atoms with E-state index in [0.29, 0.717) is 25.5 Å². The molecule has 2 fully saturated rings. The molecule has 1 aromatic rings. The number of hydrogen-bond acceptors (Lipinski definition) is 5. The van der Waals surface area contributed by atoms with E-state index in [9.17, 15) is 18.4 Å². The molecule has 1 aromatic carbocycles. The lowest BCUT2D eigenvalue weighted by molar-refractivity contribution is -0.141. The SMILES string of the molecule is COC(=O)C[C@@H]1CC(c2ccc(OC(F)F)c(OCC3CC3)c2)CN1C(N)=O. The molecule has 3 rings (SSSR count). The zero-order valence-electron chi connectivity index (χ0n) is 15.6. The van der Waals surface area contributed by atoms with Crippen molar-refractivity contribution in [2.75, 3.05) is 20.3 Å². The molecule has 1 aliphatic carbocycles. The van der Waals surface area contributed by atoms with Crippen molar-refractivity contribution >= 4 is 12.0 Å². The Morgan fingerprint density at radius 2 is 2.04 bits per heavy atom. The summed E-state index contributed by atoms with van der Waals surface area (Å²) in [6.45, 7) is -2.17. The highest BCUT2D eigenvalue weighted by Gasteiger charge is 2.37. The average Bonchev–Trinajstić information content (AvgIpc) is 3.38. The van der Waals surface area contributed by atoms with Crippen LogP contribution in [0, 0.1) is 5.92 Å². The maximum absolute atomic E-state index is 12.7. The van der Waals surface area contributed by atoms with Gasteiger partial charge in [-0.2, -0.15) is 8.78 Å². The predicted molar refractivity (Wildman–Crippen MR) is 95.4 cm³/mol. The first-order chi connectivity index (χ1) is 13.4. The number of primary amides is 1. The number of rotatable bonds is 8. The molecule has 9 heteroatoms. The van der Waals surface area contributed by atoms with Crippen LogP contribution in [0.5, 0.6) is 11.5 Å². The summed E-state index contributed by atoms with van der Waals surface area (Å²) in [5, 5.41) is 0. The summed E-state index contributed by atoms with van der Waals surface area (Å²) in [5.74, 6) is 0.156. The number of benzene rings is 1. The Labute approximate surface area is 161 Å². The summed E-state index contributed by atoms with van der Waals surface area (Å²) >= 11 is 0. The van der Waals surface area contributed by atoms with Gasteiger partial charge in [0.2, 0.25) is 0 Å². The van der Waals surface area contributed by atoms with Crippen LogP contribution >= 0.6 is 0 Å². The highest BCUT2D eigenvalue weighted by atomic mass is 19.3. The number of nitrogens with zero attached hydrogens (tertiary/aromatic N) is 1. The molecule has 1 aliphatic heterocycles. The lowest BCUT2D eigenvalue weighted by atomic mass is 9.95. The Bertz CT molecular complexity index is 726. The number of hydrogen-bond donors (Lipinski definition) is 1. The van der Waals surface area contributed by atoms with Gasteiger partial charge >= 0.3 is 18.6 Å². The van der Waals surface area contributed by atoms with Crippen molar-refractivity contribution < 1.29 is 32.6 Å². The van der Waals surface area contributed by atoms with Gasteiger partial charge in [0.25, 0.3) is 0 Å². The Morgan fingerprint density at radius 1 is 1.29 bits per heavy atom. The summed E-state index contributed by atoms with van der Waals surface area (Å²) < 4.78 is 40.3. The summed E-state index contributed by atoms with van der Waals surface area (Å²) in [6.07, 6.45) is 2.69. The normalized spacial score (nSPS) is 21.6. The molecule has 2 atom stereocenters. The number of alkyl halides is 2. The summed E-state index contributed by atoms with van der Waals surface area (Å²) in [7, 11) is 1.29. The molecule has 0 radical (unpaired) electrons. The quantitative estimate of drug-likeness (QED) is 0.680. The molecule has 1 saturated carbocycles. The third kappa shape index (κ3) is 5.02. The zero-order chi connectivity index (χ0) is 20.3. The van der Waals surface area contributed by atoms with Crippen molar-refractivity contribution in [2.24, 2.45) is 11.7 Å². The smallest absolute Gasteiger partial charge is 0.387 e. The van der Waals surface area contributed by atoms with Crippen LogP contribution in [0.1, 0.15) is 37.2 Å². The third-order valence-corrected chi connectivity index (χ3v) is 5.15. The topological polar surface area (TPSA) is 91.1 Å². The van der Waals surface area contributed by atoms with E-state index in [1.165, 1.54) is 18.1 Å². The summed E-state index contributed by atoms with van der Waals surface area (Å²) in [5.41, 5.74) is 6.26. The van der Waals surface area contributed by atoms with Crippen molar-refractivity contribution in [3.05, 3.63) is 23.8 Å². The van der Waals surface area contributed by atoms with Gasteiger partial charge in [-0.05, 0) is 42.9 Å². The van der Waals surface area contributed by atoms with Gasteiger partial charge < -0.3 is 24.8 Å². The Balaban J connectivity index is 1.78. The zero-order valence-corrected chi connectivity index (χ0v) is 15.6. The van der Waals surface area contributed by atoms with E-state index in [0.717, 1.165) is 18.4 Å². The van der Waals surface area contributed by atoms with E-state index < -0.39 is 18.6 Å². The number of ether oxygens (including phenoxy) is 3. The average molecular weight is 398 g/mol. The molecule has 0 spiro atoms. The predicted octanol–water partition coefficient (Wildman–Crippen LogP) is 2.88. The molecule has 2 aliphatic rings. The van der Waals surface area contributed by atoms with Crippen LogP contribution in [0.4, 0.5) is 13.6 Å². The minimum absolute atomic E-state index is 0.0183. The van der Waals surface area contributed by atoms with E-state index in [-0.39, 0.29) is 29.9 Å². The number of halogens is 2. The van der Waals surface area contributed by atoms with Crippen LogP contribution in [-0.4, -0.2) is 49.8 Å². The van der Waals surface area contributed by atoms with Crippen LogP contribution < -0.4 is 15.2 Å². The van der Waals surface area contributed by atoms with E-state index in [2.05, 4.69) is 9.47 Å². The van der Waals surface area contributed by atoms with Gasteiger partial charge in [-0.3, -0.25) is 4.79 Å². The monoisotopic (exact) mass is 398 g/mol. The number of nitrogens with two attached hydrogens (primary N) is 1. The van der Waals surface area contributed by atoms with Crippen LogP contribution in [0.3, 0.4) is 0 Å². The lowest BCUT2D eigenvalue weighted by Crippen LogP contribution is -2.40. The van der Waals surface area contributed by atoms with Gasteiger partial charge in [-0.25, -0.2) is 4.79 Å². The molecule has 1 saturated heterocycles. The molecular weight excluding hydrogens is 374 g/mol. The second-order valence-electron chi connectivity index (χ2n) is 7.20. The molecule has 0 bridgehead atoms. The Morgan fingerprint density at radius 3 is 2.64 bits per heavy atom. The highest BCUT2D eigenvalue weighted by molar-refractivity contribution is 5.75. The molecule has 28 heavy (non-hydrogen) atoms. The number of esters is 1. The van der Waals surface area contributed by atoms with Gasteiger partial charge in [0.1, 0.15) is 0 Å². The summed E-state index contributed by atoms with van der Waals surface area (Å²) in [4.78, 5) is 24.8.